The molecule has 8 nitrogen and oxygen atoms in total. The van der Waals surface area contributed by atoms with E-state index in [0.717, 1.165) is 55.0 Å². The zero-order chi connectivity index (χ0) is 31.8. The SMILES string of the molecule is COc1cc(S(C)(=O)=O)c(F)cc1NCC#Cc1sc2c(NC3CCC(N4CCS(=O)(=O)CC4)CC3)cccc2c1CC1CC1. The van der Waals surface area contributed by atoms with Crippen molar-refractivity contribution in [3.8, 4) is 17.6 Å². The number of sulfone groups is 2. The van der Waals surface area contributed by atoms with Crippen LogP contribution >= 0.6 is 11.3 Å². The molecule has 1 saturated heterocycles. The number of nitrogens with zero attached hydrogens (tertiary/aromatic N) is 1. The highest BCUT2D eigenvalue weighted by Crippen LogP contribution is 2.42. The van der Waals surface area contributed by atoms with Crippen molar-refractivity contribution in [3.63, 3.8) is 0 Å². The van der Waals surface area contributed by atoms with Crippen molar-refractivity contribution < 1.29 is 26.0 Å². The van der Waals surface area contributed by atoms with Crippen LogP contribution in [0.25, 0.3) is 10.1 Å². The number of ether oxygens (including phenoxy) is 1. The van der Waals surface area contributed by atoms with Gasteiger partial charge in [0.2, 0.25) is 0 Å². The van der Waals surface area contributed by atoms with E-state index in [2.05, 4.69) is 45.6 Å². The Kier molecular flexibility index (Phi) is 9.35. The number of benzene rings is 2. The Labute approximate surface area is 269 Å². The molecule has 0 atom stereocenters. The van der Waals surface area contributed by atoms with Gasteiger partial charge < -0.3 is 15.4 Å². The van der Waals surface area contributed by atoms with Crippen LogP contribution in [0.5, 0.6) is 5.75 Å². The van der Waals surface area contributed by atoms with E-state index in [4.69, 9.17) is 4.74 Å². The van der Waals surface area contributed by atoms with Gasteiger partial charge in [0.25, 0.3) is 0 Å². The summed E-state index contributed by atoms with van der Waals surface area (Å²) < 4.78 is 68.6. The first-order valence-corrected chi connectivity index (χ1v) is 20.1. The molecule has 0 spiro atoms. The number of thiophene rings is 1. The van der Waals surface area contributed by atoms with Gasteiger partial charge in [-0.2, -0.15) is 0 Å². The molecule has 2 aromatic carbocycles. The van der Waals surface area contributed by atoms with Gasteiger partial charge in [-0.25, -0.2) is 21.2 Å². The minimum atomic E-state index is -3.73. The molecule has 45 heavy (non-hydrogen) atoms. The summed E-state index contributed by atoms with van der Waals surface area (Å²) in [6.07, 6.45) is 8.70. The maximum absolute atomic E-state index is 14.5. The summed E-state index contributed by atoms with van der Waals surface area (Å²) in [6.45, 7) is 1.55. The van der Waals surface area contributed by atoms with Crippen LogP contribution in [0.15, 0.2) is 35.2 Å². The van der Waals surface area contributed by atoms with Gasteiger partial charge in [-0.15, -0.1) is 11.3 Å². The minimum Gasteiger partial charge on any atom is -0.495 e. The number of hydrogen-bond donors (Lipinski definition) is 2. The second-order valence-corrected chi connectivity index (χ2v) is 17.8. The van der Waals surface area contributed by atoms with Gasteiger partial charge >= 0.3 is 0 Å². The third-order valence-corrected chi connectivity index (χ3v) is 13.1. The summed E-state index contributed by atoms with van der Waals surface area (Å²) in [5.41, 5.74) is 2.77. The second kappa shape index (κ2) is 13.1. The highest BCUT2D eigenvalue weighted by molar-refractivity contribution is 7.91. The van der Waals surface area contributed by atoms with E-state index in [1.54, 1.807) is 11.3 Å². The lowest BCUT2D eigenvalue weighted by molar-refractivity contribution is 0.164. The van der Waals surface area contributed by atoms with E-state index >= 15 is 0 Å². The largest absolute Gasteiger partial charge is 0.495 e. The maximum Gasteiger partial charge on any atom is 0.178 e. The van der Waals surface area contributed by atoms with Crippen LogP contribution in [-0.4, -0.2) is 78.3 Å². The van der Waals surface area contributed by atoms with Gasteiger partial charge in [0.05, 0.1) is 46.1 Å². The summed E-state index contributed by atoms with van der Waals surface area (Å²) in [4.78, 5) is 3.02. The van der Waals surface area contributed by atoms with Crippen molar-refractivity contribution in [1.29, 1.82) is 0 Å². The molecule has 2 N–H and O–H groups in total. The summed E-state index contributed by atoms with van der Waals surface area (Å²) in [7, 11) is -5.18. The highest BCUT2D eigenvalue weighted by Gasteiger charge is 2.31. The van der Waals surface area contributed by atoms with E-state index in [0.29, 0.717) is 36.8 Å². The number of anilines is 2. The lowest BCUT2D eigenvalue weighted by Crippen LogP contribution is -2.48. The van der Waals surface area contributed by atoms with Gasteiger partial charge in [-0.1, -0.05) is 24.0 Å². The Bertz CT molecular complexity index is 1840. The molecule has 242 valence electrons. The molecule has 0 amide bonds. The normalized spacial score (nSPS) is 22.0. The van der Waals surface area contributed by atoms with E-state index < -0.39 is 30.4 Å². The molecule has 1 aromatic heterocycles. The van der Waals surface area contributed by atoms with Crippen LogP contribution in [-0.2, 0) is 26.1 Å². The highest BCUT2D eigenvalue weighted by atomic mass is 32.2. The first-order chi connectivity index (χ1) is 21.5. The van der Waals surface area contributed by atoms with Crippen molar-refractivity contribution in [2.24, 2.45) is 5.92 Å². The quantitative estimate of drug-likeness (QED) is 0.294. The van der Waals surface area contributed by atoms with Crippen LogP contribution in [0.2, 0.25) is 0 Å². The Morgan fingerprint density at radius 2 is 1.80 bits per heavy atom. The fourth-order valence-electron chi connectivity index (χ4n) is 6.49. The summed E-state index contributed by atoms with van der Waals surface area (Å²) in [6, 6.07) is 9.63. The molecule has 2 saturated carbocycles. The first-order valence-electron chi connectivity index (χ1n) is 15.6. The second-order valence-electron chi connectivity index (χ2n) is 12.5. The molecule has 6 rings (SSSR count). The van der Waals surface area contributed by atoms with Crippen LogP contribution < -0.4 is 15.4 Å². The number of rotatable bonds is 9. The van der Waals surface area contributed by atoms with Gasteiger partial charge in [-0.05, 0) is 67.9 Å². The van der Waals surface area contributed by atoms with Crippen molar-refractivity contribution in [1.82, 2.24) is 4.90 Å². The predicted molar refractivity (Wildman–Crippen MR) is 180 cm³/mol. The predicted octanol–water partition coefficient (Wildman–Crippen LogP) is 5.32. The molecule has 2 aliphatic carbocycles. The van der Waals surface area contributed by atoms with Crippen LogP contribution in [0.3, 0.4) is 0 Å². The Hall–Kier alpha value is -2.85. The lowest BCUT2D eigenvalue weighted by Gasteiger charge is -2.39. The fraction of sp³-hybridized carbons (Fsp3) is 0.515. The third kappa shape index (κ3) is 7.59. The zero-order valence-corrected chi connectivity index (χ0v) is 28.1. The van der Waals surface area contributed by atoms with Gasteiger partial charge in [0, 0.05) is 43.6 Å². The molecule has 2 heterocycles. The lowest BCUT2D eigenvalue weighted by atomic mass is 9.90. The number of methoxy groups -OCH3 is 1. The minimum absolute atomic E-state index is 0.239. The van der Waals surface area contributed by atoms with Crippen molar-refractivity contribution >= 4 is 52.5 Å². The Morgan fingerprint density at radius 3 is 2.47 bits per heavy atom. The summed E-state index contributed by atoms with van der Waals surface area (Å²) >= 11 is 1.71. The molecule has 0 unspecified atom stereocenters. The fourth-order valence-corrected chi connectivity index (χ4v) is 9.63. The standard InChI is InChI=1S/C33H40FN3O5S3/c1-42-30-21-32(44(2,38)39)27(34)20-29(30)35-14-4-7-31-26(19-22-8-9-22)25-5-3-6-28(33(25)43-31)36-23-10-12-24(13-11-23)37-15-17-45(40,41)18-16-37/h3,5-6,20-24,35-36H,8-19H2,1-2H3. The van der Waals surface area contributed by atoms with Crippen molar-refractivity contribution in [3.05, 3.63) is 46.6 Å². The first kappa shape index (κ1) is 32.1. The topological polar surface area (TPSA) is 105 Å². The van der Waals surface area contributed by atoms with Gasteiger partial charge in [0.15, 0.2) is 19.7 Å². The third-order valence-electron chi connectivity index (χ3n) is 9.18. The molecular formula is C33H40FN3O5S3. The smallest absolute Gasteiger partial charge is 0.178 e. The average Bonchev–Trinajstić information content (AvgIpc) is 3.75. The van der Waals surface area contributed by atoms with Gasteiger partial charge in [-0.3, -0.25) is 4.90 Å². The van der Waals surface area contributed by atoms with E-state index in [1.165, 1.54) is 41.7 Å². The molecule has 0 bridgehead atoms. The van der Waals surface area contributed by atoms with Crippen LogP contribution in [0, 0.1) is 23.6 Å². The molecular weight excluding hydrogens is 634 g/mol. The molecule has 3 aliphatic rings. The number of fused-ring (bicyclic) bond motifs is 1. The van der Waals surface area contributed by atoms with Crippen molar-refractivity contribution in [2.45, 2.75) is 61.9 Å². The molecule has 3 aromatic rings. The summed E-state index contributed by atoms with van der Waals surface area (Å²) in [5.74, 6) is 7.22. The monoisotopic (exact) mass is 673 g/mol. The van der Waals surface area contributed by atoms with Crippen LogP contribution in [0.1, 0.15) is 49.0 Å². The molecule has 3 fully saturated rings. The Balaban J connectivity index is 1.16. The molecule has 12 heteroatoms. The molecule has 0 radical (unpaired) electrons. The van der Waals surface area contributed by atoms with Crippen LogP contribution in [0.4, 0.5) is 15.8 Å². The van der Waals surface area contributed by atoms with Gasteiger partial charge in [0.1, 0.15) is 16.5 Å². The van der Waals surface area contributed by atoms with Crippen molar-refractivity contribution in [2.75, 3.05) is 55.1 Å². The average molecular weight is 674 g/mol. The zero-order valence-electron chi connectivity index (χ0n) is 25.7. The maximum atomic E-state index is 14.5. The van der Waals surface area contributed by atoms with E-state index in [-0.39, 0.29) is 23.8 Å². The van der Waals surface area contributed by atoms with E-state index in [1.807, 2.05) is 0 Å². The van der Waals surface area contributed by atoms with E-state index in [9.17, 15) is 21.2 Å². The number of nitrogens with one attached hydrogen (secondary N) is 2. The summed E-state index contributed by atoms with van der Waals surface area (Å²) in [5, 5.41) is 8.17. The number of hydrogen-bond acceptors (Lipinski definition) is 9. The molecule has 1 aliphatic heterocycles. The Morgan fingerprint density at radius 1 is 1.07 bits per heavy atom. The number of halogens is 1.